The van der Waals surface area contributed by atoms with Crippen molar-refractivity contribution >= 4 is 27.5 Å². The Morgan fingerprint density at radius 1 is 1.16 bits per heavy atom. The fourth-order valence-electron chi connectivity index (χ4n) is 3.19. The van der Waals surface area contributed by atoms with Crippen LogP contribution >= 0.6 is 11.3 Å². The maximum atomic E-state index is 12.6. The minimum Gasteiger partial charge on any atom is -0.508 e. The largest absolute Gasteiger partial charge is 0.508 e. The van der Waals surface area contributed by atoms with Gasteiger partial charge in [0, 0.05) is 24.2 Å². The molecule has 0 unspecified atom stereocenters. The zero-order valence-electron chi connectivity index (χ0n) is 14.1. The van der Waals surface area contributed by atoms with Crippen molar-refractivity contribution in [3.8, 4) is 16.3 Å². The number of hydrogen-bond acceptors (Lipinski definition) is 4. The number of hydrogen-bond donors (Lipinski definition) is 1. The Labute approximate surface area is 150 Å². The molecule has 5 heteroatoms. The van der Waals surface area contributed by atoms with Crippen LogP contribution < -0.4 is 0 Å². The van der Waals surface area contributed by atoms with E-state index in [-0.39, 0.29) is 11.7 Å². The highest BCUT2D eigenvalue weighted by molar-refractivity contribution is 7.21. The molecule has 128 valence electrons. The normalized spacial score (nSPS) is 15.6. The Morgan fingerprint density at radius 2 is 1.88 bits per heavy atom. The second kappa shape index (κ2) is 6.48. The van der Waals surface area contributed by atoms with Crippen molar-refractivity contribution in [3.63, 3.8) is 0 Å². The molecule has 4 nitrogen and oxygen atoms in total. The lowest BCUT2D eigenvalue weighted by Gasteiger charge is -2.30. The summed E-state index contributed by atoms with van der Waals surface area (Å²) in [4.78, 5) is 19.2. The molecule has 2 aromatic carbocycles. The number of fused-ring (bicyclic) bond motifs is 1. The molecule has 1 aliphatic heterocycles. The van der Waals surface area contributed by atoms with E-state index in [1.807, 2.05) is 35.2 Å². The van der Waals surface area contributed by atoms with E-state index in [1.54, 1.807) is 23.5 Å². The van der Waals surface area contributed by atoms with Crippen LogP contribution in [0.2, 0.25) is 0 Å². The average molecular weight is 352 g/mol. The summed E-state index contributed by atoms with van der Waals surface area (Å²) in [6.07, 6.45) is 2.17. The molecule has 1 saturated heterocycles. The zero-order chi connectivity index (χ0) is 17.4. The molecule has 1 N–H and O–H groups in total. The molecular weight excluding hydrogens is 332 g/mol. The molecule has 0 atom stereocenters. The quantitative estimate of drug-likeness (QED) is 0.736. The molecule has 1 fully saturated rings. The van der Waals surface area contributed by atoms with E-state index in [0.717, 1.165) is 52.3 Å². The fraction of sp³-hybridized carbons (Fsp3) is 0.300. The summed E-state index contributed by atoms with van der Waals surface area (Å²) in [6, 6.07) is 12.9. The molecule has 0 bridgehead atoms. The van der Waals surface area contributed by atoms with Crippen LogP contribution in [0.4, 0.5) is 0 Å². The molecule has 0 radical (unpaired) electrons. The highest BCUT2D eigenvalue weighted by Gasteiger charge is 2.21. The molecule has 4 rings (SSSR count). The van der Waals surface area contributed by atoms with E-state index in [4.69, 9.17) is 0 Å². The number of carbonyl (C=O) groups excluding carboxylic acids is 1. The Kier molecular flexibility index (Phi) is 4.17. The van der Waals surface area contributed by atoms with E-state index >= 15 is 0 Å². The molecule has 3 aromatic rings. The molecule has 0 aliphatic carbocycles. The van der Waals surface area contributed by atoms with E-state index in [1.165, 1.54) is 0 Å². The van der Waals surface area contributed by atoms with Gasteiger partial charge >= 0.3 is 0 Å². The average Bonchev–Trinajstić information content (AvgIpc) is 3.05. The van der Waals surface area contributed by atoms with Gasteiger partial charge in [-0.05, 0) is 49.1 Å². The lowest BCUT2D eigenvalue weighted by molar-refractivity contribution is 0.0697. The van der Waals surface area contributed by atoms with Gasteiger partial charge in [0.25, 0.3) is 5.91 Å². The molecule has 25 heavy (non-hydrogen) atoms. The summed E-state index contributed by atoms with van der Waals surface area (Å²) in [5.74, 6) is 1.08. The number of aromatic nitrogens is 1. The summed E-state index contributed by atoms with van der Waals surface area (Å²) in [7, 11) is 0. The Morgan fingerprint density at radius 3 is 2.60 bits per heavy atom. The number of rotatable bonds is 2. The first-order valence-electron chi connectivity index (χ1n) is 8.59. The summed E-state index contributed by atoms with van der Waals surface area (Å²) >= 11 is 1.54. The third-order valence-corrected chi connectivity index (χ3v) is 5.89. The molecule has 2 heterocycles. The van der Waals surface area contributed by atoms with E-state index in [2.05, 4.69) is 11.9 Å². The molecule has 1 aromatic heterocycles. The van der Waals surface area contributed by atoms with E-state index in [9.17, 15) is 9.90 Å². The Bertz CT molecular complexity index is 909. The Balaban J connectivity index is 1.55. The molecule has 0 spiro atoms. The van der Waals surface area contributed by atoms with Crippen molar-refractivity contribution in [3.05, 3.63) is 48.0 Å². The van der Waals surface area contributed by atoms with E-state index < -0.39 is 0 Å². The number of aromatic hydroxyl groups is 1. The predicted octanol–water partition coefficient (Wildman–Crippen LogP) is 4.54. The van der Waals surface area contributed by atoms with Crippen LogP contribution in [0.3, 0.4) is 0 Å². The van der Waals surface area contributed by atoms with E-state index in [0.29, 0.717) is 5.92 Å². The van der Waals surface area contributed by atoms with Crippen LogP contribution in [0.1, 0.15) is 30.1 Å². The number of piperidine rings is 1. The number of thiazole rings is 1. The van der Waals surface area contributed by atoms with Crippen molar-refractivity contribution in [2.24, 2.45) is 5.92 Å². The number of amides is 1. The number of carbonyl (C=O) groups is 1. The van der Waals surface area contributed by atoms with Crippen molar-refractivity contribution in [2.45, 2.75) is 19.8 Å². The van der Waals surface area contributed by atoms with Crippen LogP contribution in [0.25, 0.3) is 20.8 Å². The van der Waals surface area contributed by atoms with Gasteiger partial charge in [0.15, 0.2) is 0 Å². The van der Waals surface area contributed by atoms with Crippen molar-refractivity contribution in [1.29, 1.82) is 0 Å². The first-order valence-corrected chi connectivity index (χ1v) is 9.41. The monoisotopic (exact) mass is 352 g/mol. The van der Waals surface area contributed by atoms with Crippen molar-refractivity contribution in [2.75, 3.05) is 13.1 Å². The van der Waals surface area contributed by atoms with Crippen LogP contribution in [0, 0.1) is 5.92 Å². The standard InChI is InChI=1S/C20H20N2O2S/c1-13-8-10-22(11-9-13)20(24)15-4-2-14(3-5-15)19-21-17-7-6-16(23)12-18(17)25-19/h2-7,12-13,23H,8-11H2,1H3. The number of nitrogens with zero attached hydrogens (tertiary/aromatic N) is 2. The summed E-state index contributed by atoms with van der Waals surface area (Å²) < 4.78 is 0.956. The Hall–Kier alpha value is -2.40. The highest BCUT2D eigenvalue weighted by atomic mass is 32.1. The lowest BCUT2D eigenvalue weighted by Crippen LogP contribution is -2.37. The van der Waals surface area contributed by atoms with Gasteiger partial charge in [0.05, 0.1) is 10.2 Å². The van der Waals surface area contributed by atoms with Crippen molar-refractivity contribution in [1.82, 2.24) is 9.88 Å². The molecule has 1 aliphatic rings. The second-order valence-electron chi connectivity index (χ2n) is 6.72. The maximum Gasteiger partial charge on any atom is 0.253 e. The number of benzene rings is 2. The van der Waals surface area contributed by atoms with Gasteiger partial charge in [-0.3, -0.25) is 4.79 Å². The minimum absolute atomic E-state index is 0.118. The van der Waals surface area contributed by atoms with Crippen LogP contribution in [0.5, 0.6) is 5.75 Å². The number of likely N-dealkylation sites (tertiary alicyclic amines) is 1. The van der Waals surface area contributed by atoms with Crippen LogP contribution in [-0.4, -0.2) is 34.0 Å². The maximum absolute atomic E-state index is 12.6. The smallest absolute Gasteiger partial charge is 0.253 e. The molecule has 1 amide bonds. The zero-order valence-corrected chi connectivity index (χ0v) is 14.9. The van der Waals surface area contributed by atoms with Gasteiger partial charge in [0.2, 0.25) is 0 Å². The van der Waals surface area contributed by atoms with Gasteiger partial charge in [-0.2, -0.15) is 0 Å². The highest BCUT2D eigenvalue weighted by Crippen LogP contribution is 2.32. The first-order chi connectivity index (χ1) is 12.1. The predicted molar refractivity (Wildman–Crippen MR) is 101 cm³/mol. The SMILES string of the molecule is CC1CCN(C(=O)c2ccc(-c3nc4ccc(O)cc4s3)cc2)CC1. The minimum atomic E-state index is 0.118. The fourth-order valence-corrected chi connectivity index (χ4v) is 4.19. The first kappa shape index (κ1) is 16.1. The summed E-state index contributed by atoms with van der Waals surface area (Å²) in [5, 5.41) is 10.5. The second-order valence-corrected chi connectivity index (χ2v) is 7.75. The van der Waals surface area contributed by atoms with Crippen LogP contribution in [0.15, 0.2) is 42.5 Å². The molecule has 0 saturated carbocycles. The third kappa shape index (κ3) is 3.24. The topological polar surface area (TPSA) is 53.4 Å². The lowest BCUT2D eigenvalue weighted by atomic mass is 9.98. The van der Waals surface area contributed by atoms with Gasteiger partial charge in [0.1, 0.15) is 10.8 Å². The summed E-state index contributed by atoms with van der Waals surface area (Å²) in [6.45, 7) is 3.95. The number of phenols is 1. The summed E-state index contributed by atoms with van der Waals surface area (Å²) in [5.41, 5.74) is 2.60. The molecular formula is C20H20N2O2S. The number of phenolic OH excluding ortho intramolecular Hbond substituents is 1. The van der Waals surface area contributed by atoms with Gasteiger partial charge in [-0.25, -0.2) is 4.98 Å². The van der Waals surface area contributed by atoms with Gasteiger partial charge in [-0.1, -0.05) is 19.1 Å². The van der Waals surface area contributed by atoms with Gasteiger partial charge < -0.3 is 10.0 Å². The third-order valence-electron chi connectivity index (χ3n) is 4.82. The van der Waals surface area contributed by atoms with Crippen molar-refractivity contribution < 1.29 is 9.90 Å². The van der Waals surface area contributed by atoms with Crippen LogP contribution in [-0.2, 0) is 0 Å². The van der Waals surface area contributed by atoms with Gasteiger partial charge in [-0.15, -0.1) is 11.3 Å².